The van der Waals surface area contributed by atoms with Crippen LogP contribution < -0.4 is 5.32 Å². The summed E-state index contributed by atoms with van der Waals surface area (Å²) in [6, 6.07) is 3.77. The van der Waals surface area contributed by atoms with E-state index in [9.17, 15) is 9.90 Å². The van der Waals surface area contributed by atoms with E-state index in [4.69, 9.17) is 0 Å². The Balaban J connectivity index is 1.78. The maximum absolute atomic E-state index is 11.2. The number of carbonyl (C=O) groups is 1. The minimum absolute atomic E-state index is 0.0513. The van der Waals surface area contributed by atoms with Gasteiger partial charge in [-0.25, -0.2) is 9.97 Å². The van der Waals surface area contributed by atoms with Gasteiger partial charge in [0.25, 0.3) is 0 Å². The number of aryl methyl sites for hydroxylation is 1. The van der Waals surface area contributed by atoms with Gasteiger partial charge in [-0.3, -0.25) is 9.48 Å². The van der Waals surface area contributed by atoms with Crippen molar-refractivity contribution in [3.8, 4) is 11.4 Å². The Labute approximate surface area is 128 Å². The van der Waals surface area contributed by atoms with E-state index in [-0.39, 0.29) is 17.4 Å². The number of carboxylic acids is 1. The molecule has 1 saturated carbocycles. The van der Waals surface area contributed by atoms with E-state index in [0.717, 1.165) is 11.4 Å². The fourth-order valence-corrected chi connectivity index (χ4v) is 2.94. The van der Waals surface area contributed by atoms with Crippen molar-refractivity contribution >= 4 is 11.9 Å². The second-order valence-electron chi connectivity index (χ2n) is 6.25. The smallest absolute Gasteiger partial charge is 0.307 e. The molecule has 3 rings (SSSR count). The molecule has 0 aliphatic heterocycles. The van der Waals surface area contributed by atoms with Gasteiger partial charge >= 0.3 is 5.97 Å². The summed E-state index contributed by atoms with van der Waals surface area (Å²) in [5.41, 5.74) is 1.36. The summed E-state index contributed by atoms with van der Waals surface area (Å²) in [4.78, 5) is 19.9. The maximum atomic E-state index is 11.2. The van der Waals surface area contributed by atoms with Crippen molar-refractivity contribution in [2.24, 2.45) is 18.4 Å². The molecule has 0 aromatic carbocycles. The van der Waals surface area contributed by atoms with Crippen LogP contribution in [-0.2, 0) is 11.8 Å². The van der Waals surface area contributed by atoms with Crippen LogP contribution in [0.5, 0.6) is 0 Å². The van der Waals surface area contributed by atoms with Gasteiger partial charge in [-0.2, -0.15) is 5.10 Å². The van der Waals surface area contributed by atoms with E-state index in [2.05, 4.69) is 20.4 Å². The summed E-state index contributed by atoms with van der Waals surface area (Å²) in [7, 11) is 1.86. The minimum Gasteiger partial charge on any atom is -0.481 e. The van der Waals surface area contributed by atoms with Crippen LogP contribution in [0.3, 0.4) is 0 Å². The van der Waals surface area contributed by atoms with Gasteiger partial charge in [0.05, 0.1) is 17.3 Å². The monoisotopic (exact) mass is 301 g/mol. The highest BCUT2D eigenvalue weighted by molar-refractivity contribution is 5.73. The normalized spacial score (nSPS) is 22.9. The van der Waals surface area contributed by atoms with Crippen LogP contribution in [0, 0.1) is 11.3 Å². The topological polar surface area (TPSA) is 92.9 Å². The zero-order chi connectivity index (χ0) is 15.9. The number of rotatable bonds is 4. The fraction of sp³-hybridized carbons (Fsp3) is 0.467. The largest absolute Gasteiger partial charge is 0.481 e. The number of nitrogens with one attached hydrogen (secondary N) is 1. The van der Waals surface area contributed by atoms with Crippen molar-refractivity contribution in [1.29, 1.82) is 0 Å². The van der Waals surface area contributed by atoms with E-state index in [1.54, 1.807) is 17.1 Å². The van der Waals surface area contributed by atoms with Crippen molar-refractivity contribution in [3.63, 3.8) is 0 Å². The van der Waals surface area contributed by atoms with Gasteiger partial charge in [-0.05, 0) is 24.0 Å². The second kappa shape index (κ2) is 5.08. The van der Waals surface area contributed by atoms with Crippen LogP contribution in [0.2, 0.25) is 0 Å². The van der Waals surface area contributed by atoms with Gasteiger partial charge in [0.2, 0.25) is 5.95 Å². The third-order valence-corrected chi connectivity index (χ3v) is 4.61. The van der Waals surface area contributed by atoms with Crippen LogP contribution in [0.1, 0.15) is 20.3 Å². The van der Waals surface area contributed by atoms with Crippen molar-refractivity contribution in [2.75, 3.05) is 5.32 Å². The Morgan fingerprint density at radius 1 is 1.41 bits per heavy atom. The molecule has 2 N–H and O–H groups in total. The first-order valence-corrected chi connectivity index (χ1v) is 7.20. The van der Waals surface area contributed by atoms with Crippen LogP contribution in [0.15, 0.2) is 24.5 Å². The third-order valence-electron chi connectivity index (χ3n) is 4.61. The molecule has 1 fully saturated rings. The molecule has 0 amide bonds. The molecule has 0 bridgehead atoms. The standard InChI is InChI=1S/C15H19N5O2/c1-15(2)9(13(21)22)8-12(15)19-14-16-6-4-10(18-14)11-5-7-17-20(11)3/h4-7,9,12H,8H2,1-3H3,(H,21,22)(H,16,18,19)/t9-,12-/m1/s1. The van der Waals surface area contributed by atoms with E-state index >= 15 is 0 Å². The van der Waals surface area contributed by atoms with Gasteiger partial charge in [0.15, 0.2) is 0 Å². The van der Waals surface area contributed by atoms with Crippen molar-refractivity contribution in [1.82, 2.24) is 19.7 Å². The molecule has 2 aromatic rings. The van der Waals surface area contributed by atoms with Crippen LogP contribution in [0.25, 0.3) is 11.4 Å². The third kappa shape index (κ3) is 2.32. The Morgan fingerprint density at radius 3 is 2.77 bits per heavy atom. The first-order valence-electron chi connectivity index (χ1n) is 7.20. The number of hydrogen-bond donors (Lipinski definition) is 2. The lowest BCUT2D eigenvalue weighted by atomic mass is 9.58. The lowest BCUT2D eigenvalue weighted by Crippen LogP contribution is -2.56. The lowest BCUT2D eigenvalue weighted by Gasteiger charge is -2.49. The molecule has 1 aliphatic rings. The molecule has 2 aromatic heterocycles. The number of anilines is 1. The number of carboxylic acid groups (broad SMARTS) is 1. The summed E-state index contributed by atoms with van der Waals surface area (Å²) in [6.45, 7) is 3.91. The molecular weight excluding hydrogens is 282 g/mol. The summed E-state index contributed by atoms with van der Waals surface area (Å²) in [5, 5.41) is 16.6. The molecule has 2 atom stereocenters. The van der Waals surface area contributed by atoms with E-state index < -0.39 is 5.97 Å². The predicted molar refractivity (Wildman–Crippen MR) is 81.2 cm³/mol. The average molecular weight is 301 g/mol. The van der Waals surface area contributed by atoms with Gasteiger partial charge in [0.1, 0.15) is 0 Å². The quantitative estimate of drug-likeness (QED) is 0.894. The zero-order valence-electron chi connectivity index (χ0n) is 12.8. The predicted octanol–water partition coefficient (Wildman–Crippen LogP) is 1.79. The molecular formula is C15H19N5O2. The molecule has 2 heterocycles. The first kappa shape index (κ1) is 14.5. The van der Waals surface area contributed by atoms with Crippen molar-refractivity contribution < 1.29 is 9.90 Å². The van der Waals surface area contributed by atoms with Gasteiger partial charge in [0, 0.05) is 25.5 Å². The highest BCUT2D eigenvalue weighted by Gasteiger charge is 2.52. The van der Waals surface area contributed by atoms with Crippen molar-refractivity contribution in [3.05, 3.63) is 24.5 Å². The van der Waals surface area contributed by atoms with Gasteiger partial charge in [-0.1, -0.05) is 13.8 Å². The number of hydrogen-bond acceptors (Lipinski definition) is 5. The van der Waals surface area contributed by atoms with Gasteiger partial charge < -0.3 is 10.4 Å². The summed E-state index contributed by atoms with van der Waals surface area (Å²) in [5.74, 6) is -0.557. The van der Waals surface area contributed by atoms with Crippen LogP contribution in [-0.4, -0.2) is 36.9 Å². The van der Waals surface area contributed by atoms with E-state index in [1.165, 1.54) is 0 Å². The summed E-state index contributed by atoms with van der Waals surface area (Å²) in [6.07, 6.45) is 4.00. The molecule has 0 saturated heterocycles. The SMILES string of the molecule is Cn1nccc1-c1ccnc(N[C@@H]2C[C@H](C(=O)O)C2(C)C)n1. The van der Waals surface area contributed by atoms with Crippen LogP contribution >= 0.6 is 0 Å². The summed E-state index contributed by atoms with van der Waals surface area (Å²) >= 11 is 0. The molecule has 7 nitrogen and oxygen atoms in total. The Morgan fingerprint density at radius 2 is 2.18 bits per heavy atom. The fourth-order valence-electron chi connectivity index (χ4n) is 2.94. The molecule has 0 radical (unpaired) electrons. The minimum atomic E-state index is -0.743. The van der Waals surface area contributed by atoms with E-state index in [1.807, 2.05) is 33.0 Å². The number of nitrogens with zero attached hydrogens (tertiary/aromatic N) is 4. The molecule has 7 heteroatoms. The second-order valence-corrected chi connectivity index (χ2v) is 6.25. The highest BCUT2D eigenvalue weighted by Crippen LogP contribution is 2.47. The van der Waals surface area contributed by atoms with E-state index in [0.29, 0.717) is 12.4 Å². The molecule has 0 unspecified atom stereocenters. The average Bonchev–Trinajstić information content (AvgIpc) is 2.89. The lowest BCUT2D eigenvalue weighted by molar-refractivity contribution is -0.153. The number of aromatic nitrogens is 4. The Hall–Kier alpha value is -2.44. The Kier molecular flexibility index (Phi) is 3.35. The molecule has 1 aliphatic carbocycles. The van der Waals surface area contributed by atoms with Crippen LogP contribution in [0.4, 0.5) is 5.95 Å². The molecule has 116 valence electrons. The highest BCUT2D eigenvalue weighted by atomic mass is 16.4. The molecule has 22 heavy (non-hydrogen) atoms. The summed E-state index contributed by atoms with van der Waals surface area (Å²) < 4.78 is 1.75. The van der Waals surface area contributed by atoms with Crippen molar-refractivity contribution in [2.45, 2.75) is 26.3 Å². The first-order chi connectivity index (χ1) is 10.4. The van der Waals surface area contributed by atoms with Gasteiger partial charge in [-0.15, -0.1) is 0 Å². The Bertz CT molecular complexity index is 709. The zero-order valence-corrected chi connectivity index (χ0v) is 12.8. The number of aliphatic carboxylic acids is 1. The molecule has 0 spiro atoms. The maximum Gasteiger partial charge on any atom is 0.307 e.